The van der Waals surface area contributed by atoms with Crippen molar-refractivity contribution in [2.45, 2.75) is 77.5 Å². The smallest absolute Gasteiger partial charge is 0.407 e. The number of aromatic nitrogens is 4. The predicted octanol–water partition coefficient (Wildman–Crippen LogP) is 8.01. The first-order chi connectivity index (χ1) is 28.9. The molecule has 0 bridgehead atoms. The summed E-state index contributed by atoms with van der Waals surface area (Å²) in [5.74, 6) is 0.970. The van der Waals surface area contributed by atoms with Crippen molar-refractivity contribution >= 4 is 56.8 Å². The van der Waals surface area contributed by atoms with E-state index in [-0.39, 0.29) is 35.7 Å². The van der Waals surface area contributed by atoms with Crippen molar-refractivity contribution in [3.63, 3.8) is 0 Å². The number of imidazole rings is 2. The lowest BCUT2D eigenvalue weighted by molar-refractivity contribution is -0.136. The number of amides is 4. The fraction of sp³-hybridized carbons (Fsp3) is 0.391. The number of hydrogen-bond acceptors (Lipinski definition) is 8. The Labute approximate surface area is 348 Å². The van der Waals surface area contributed by atoms with E-state index in [0.29, 0.717) is 13.1 Å². The van der Waals surface area contributed by atoms with Crippen molar-refractivity contribution in [2.24, 2.45) is 11.8 Å². The van der Waals surface area contributed by atoms with E-state index >= 15 is 0 Å². The number of hydrogen-bond donors (Lipinski definition) is 4. The average molecular weight is 813 g/mol. The van der Waals surface area contributed by atoms with Crippen LogP contribution < -0.4 is 10.6 Å². The summed E-state index contributed by atoms with van der Waals surface area (Å²) in [6.07, 6.45) is 1.99. The number of rotatable bonds is 10. The molecule has 14 nitrogen and oxygen atoms in total. The number of ether oxygens (including phenoxy) is 2. The van der Waals surface area contributed by atoms with Crippen LogP contribution in [-0.2, 0) is 19.1 Å². The first-order valence-electron chi connectivity index (χ1n) is 20.8. The van der Waals surface area contributed by atoms with Gasteiger partial charge in [0.25, 0.3) is 0 Å². The van der Waals surface area contributed by atoms with Crippen LogP contribution in [0.25, 0.3) is 55.1 Å². The van der Waals surface area contributed by atoms with Crippen LogP contribution >= 0.6 is 0 Å². The van der Waals surface area contributed by atoms with Crippen LogP contribution in [-0.4, -0.2) is 93.1 Å². The van der Waals surface area contributed by atoms with Gasteiger partial charge in [0.15, 0.2) is 0 Å². The fourth-order valence-corrected chi connectivity index (χ4v) is 8.72. The van der Waals surface area contributed by atoms with Gasteiger partial charge in [-0.3, -0.25) is 9.59 Å². The molecule has 0 unspecified atom stereocenters. The molecular weight excluding hydrogens is 761 g/mol. The summed E-state index contributed by atoms with van der Waals surface area (Å²) in [6.45, 7) is 8.81. The zero-order valence-corrected chi connectivity index (χ0v) is 34.9. The second-order valence-corrected chi connectivity index (χ2v) is 16.6. The van der Waals surface area contributed by atoms with Gasteiger partial charge in [0.1, 0.15) is 23.7 Å². The van der Waals surface area contributed by atoms with Gasteiger partial charge in [-0.2, -0.15) is 0 Å². The predicted molar refractivity (Wildman–Crippen MR) is 230 cm³/mol. The highest BCUT2D eigenvalue weighted by Gasteiger charge is 2.39. The van der Waals surface area contributed by atoms with E-state index in [0.717, 1.165) is 92.4 Å². The number of fused-ring (bicyclic) bond motifs is 3. The number of carbonyl (C=O) groups excluding carboxylic acids is 4. The van der Waals surface area contributed by atoms with Crippen molar-refractivity contribution < 1.29 is 28.7 Å². The normalized spacial score (nSPS) is 17.8. The minimum absolute atomic E-state index is 0.112. The summed E-state index contributed by atoms with van der Waals surface area (Å²) in [6, 6.07) is 23.5. The van der Waals surface area contributed by atoms with Gasteiger partial charge in [-0.05, 0) is 107 Å². The average Bonchev–Trinajstić information content (AvgIpc) is 4.08. The van der Waals surface area contributed by atoms with Gasteiger partial charge in [0, 0.05) is 13.1 Å². The van der Waals surface area contributed by atoms with E-state index in [9.17, 15) is 19.2 Å². The number of carbonyl (C=O) groups is 4. The maximum atomic E-state index is 13.7. The Hall–Kier alpha value is -6.44. The molecule has 2 aromatic heterocycles. The Bertz CT molecular complexity index is 2420. The molecule has 2 fully saturated rings. The molecule has 2 saturated heterocycles. The number of methoxy groups -OCH3 is 2. The van der Waals surface area contributed by atoms with E-state index in [2.05, 4.69) is 81.3 Å². The van der Waals surface area contributed by atoms with E-state index in [1.807, 2.05) is 49.6 Å². The van der Waals surface area contributed by atoms with Gasteiger partial charge in [-0.1, -0.05) is 64.1 Å². The lowest BCUT2D eigenvalue weighted by Gasteiger charge is -2.29. The summed E-state index contributed by atoms with van der Waals surface area (Å²) >= 11 is 0. The molecule has 0 spiro atoms. The summed E-state index contributed by atoms with van der Waals surface area (Å²) in [5.41, 5.74) is 7.61. The molecule has 0 aliphatic carbocycles. The van der Waals surface area contributed by atoms with Crippen molar-refractivity contribution in [3.8, 4) is 22.3 Å². The largest absolute Gasteiger partial charge is 0.453 e. The van der Waals surface area contributed by atoms with E-state index in [1.54, 1.807) is 0 Å². The second-order valence-electron chi connectivity index (χ2n) is 16.6. The lowest BCUT2D eigenvalue weighted by Crippen LogP contribution is -2.51. The highest BCUT2D eigenvalue weighted by atomic mass is 16.5. The summed E-state index contributed by atoms with van der Waals surface area (Å²) in [5, 5.41) is 7.65. The molecule has 2 aliphatic heterocycles. The Kier molecular flexibility index (Phi) is 11.2. The number of H-pyrrole nitrogens is 2. The molecule has 0 saturated carbocycles. The molecular formula is C46H52N8O6. The zero-order valence-electron chi connectivity index (χ0n) is 34.9. The van der Waals surface area contributed by atoms with Gasteiger partial charge in [0.2, 0.25) is 11.8 Å². The highest BCUT2D eigenvalue weighted by Crippen LogP contribution is 2.36. The molecule has 312 valence electrons. The number of nitrogens with one attached hydrogen (secondary N) is 4. The monoisotopic (exact) mass is 812 g/mol. The Balaban J connectivity index is 1.02. The van der Waals surface area contributed by atoms with Crippen molar-refractivity contribution in [3.05, 3.63) is 84.4 Å². The topological polar surface area (TPSA) is 175 Å². The van der Waals surface area contributed by atoms with Crippen molar-refractivity contribution in [2.75, 3.05) is 27.3 Å². The van der Waals surface area contributed by atoms with Crippen molar-refractivity contribution in [1.82, 2.24) is 40.4 Å². The summed E-state index contributed by atoms with van der Waals surface area (Å²) in [4.78, 5) is 72.0. The Morgan fingerprint density at radius 1 is 0.600 bits per heavy atom. The lowest BCUT2D eigenvalue weighted by atomic mass is 9.97. The third kappa shape index (κ3) is 7.85. The number of alkyl carbamates (subject to hydrolysis) is 2. The molecule has 60 heavy (non-hydrogen) atoms. The maximum Gasteiger partial charge on any atom is 0.407 e. The van der Waals surface area contributed by atoms with Crippen LogP contribution in [0.3, 0.4) is 0 Å². The summed E-state index contributed by atoms with van der Waals surface area (Å²) < 4.78 is 9.57. The minimum atomic E-state index is -0.696. The Morgan fingerprint density at radius 3 is 1.60 bits per heavy atom. The third-order valence-electron chi connectivity index (χ3n) is 12.0. The van der Waals surface area contributed by atoms with Crippen LogP contribution in [0.5, 0.6) is 0 Å². The molecule has 4 aromatic carbocycles. The standard InChI is InChI=1S/C46H52N8O6/c1-25(2)39(51-45(57)59-5)43(55)53-19-7-9-37(53)41-47-33-17-15-30(23-35(33)49-41)28-13-11-27-12-14-29(22-32(27)21-28)31-16-18-34-36(24-31)50-42(48-34)38-10-8-20-54(38)44(56)40(26(3)4)52-46(58)60-6/h11-18,21-26,37-40H,7-10,19-20H2,1-6H3,(H,47,49)(H,48,50)(H,51,57)(H,52,58)/t37-,38-,39-,40-/m0/s1. The molecule has 14 heteroatoms. The van der Waals surface area contributed by atoms with Gasteiger partial charge in [-0.25, -0.2) is 19.6 Å². The number of likely N-dealkylation sites (tertiary alicyclic amines) is 2. The first kappa shape index (κ1) is 40.3. The third-order valence-corrected chi connectivity index (χ3v) is 12.0. The molecule has 2 aliphatic rings. The molecule has 0 radical (unpaired) electrons. The second kappa shape index (κ2) is 16.7. The van der Waals surface area contributed by atoms with Crippen LogP contribution in [0.4, 0.5) is 9.59 Å². The number of aromatic amines is 2. The van der Waals surface area contributed by atoms with Crippen molar-refractivity contribution in [1.29, 1.82) is 0 Å². The van der Waals surface area contributed by atoms with Gasteiger partial charge < -0.3 is 39.9 Å². The van der Waals surface area contributed by atoms with E-state index in [1.165, 1.54) is 14.2 Å². The first-order valence-corrected chi connectivity index (χ1v) is 20.8. The number of nitrogens with zero attached hydrogens (tertiary/aromatic N) is 4. The maximum absolute atomic E-state index is 13.7. The van der Waals surface area contributed by atoms with E-state index in [4.69, 9.17) is 19.4 Å². The molecule has 8 rings (SSSR count). The number of benzene rings is 4. The zero-order chi connectivity index (χ0) is 42.2. The van der Waals surface area contributed by atoms with Crippen LogP contribution in [0.15, 0.2) is 72.8 Å². The molecule has 4 heterocycles. The SMILES string of the molecule is COC(=O)N[C@H](C(=O)N1CCC[C@H]1c1nc2cc(-c3ccc4ccc(-c5ccc6nc([C@@H]7CCCN7C(=O)[C@@H](NC(=O)OC)C(C)C)[nH]c6c5)cc4c3)ccc2[nH]1)C(C)C. The van der Waals surface area contributed by atoms with E-state index < -0.39 is 24.3 Å². The van der Waals surface area contributed by atoms with Gasteiger partial charge >= 0.3 is 12.2 Å². The van der Waals surface area contributed by atoms with Gasteiger partial charge in [0.05, 0.1) is 48.4 Å². The molecule has 4 amide bonds. The van der Waals surface area contributed by atoms with Crippen LogP contribution in [0.1, 0.15) is 77.1 Å². The Morgan fingerprint density at radius 2 is 1.07 bits per heavy atom. The van der Waals surface area contributed by atoms with Crippen LogP contribution in [0.2, 0.25) is 0 Å². The molecule has 4 N–H and O–H groups in total. The minimum Gasteiger partial charge on any atom is -0.453 e. The molecule has 4 atom stereocenters. The summed E-state index contributed by atoms with van der Waals surface area (Å²) in [7, 11) is 2.59. The highest BCUT2D eigenvalue weighted by molar-refractivity contribution is 5.93. The fourth-order valence-electron chi connectivity index (χ4n) is 8.72. The molecule has 6 aromatic rings. The quantitative estimate of drug-likeness (QED) is 0.108. The van der Waals surface area contributed by atoms with Crippen LogP contribution in [0, 0.1) is 11.8 Å². The van der Waals surface area contributed by atoms with Gasteiger partial charge in [-0.15, -0.1) is 0 Å².